The number of anilines is 1. The lowest BCUT2D eigenvalue weighted by Gasteiger charge is -2.21. The summed E-state index contributed by atoms with van der Waals surface area (Å²) < 4.78 is 1.85. The summed E-state index contributed by atoms with van der Waals surface area (Å²) in [5.41, 5.74) is 4.72. The summed E-state index contributed by atoms with van der Waals surface area (Å²) in [6.45, 7) is 5.66. The fourth-order valence-corrected chi connectivity index (χ4v) is 4.09. The van der Waals surface area contributed by atoms with E-state index in [0.29, 0.717) is 33.3 Å². The minimum Gasteiger partial charge on any atom is -0.321 e. The molecule has 0 aliphatic heterocycles. The van der Waals surface area contributed by atoms with Crippen LogP contribution in [0.25, 0.3) is 16.9 Å². The molecule has 6 heteroatoms. The van der Waals surface area contributed by atoms with Gasteiger partial charge >= 0.3 is 0 Å². The van der Waals surface area contributed by atoms with Crippen LogP contribution in [0, 0.1) is 20.8 Å². The second kappa shape index (κ2) is 8.81. The number of nitrogens with one attached hydrogen (secondary N) is 1. The molecule has 5 nitrogen and oxygen atoms in total. The number of halogens is 1. The Morgan fingerprint density at radius 1 is 0.938 bits per heavy atom. The van der Waals surface area contributed by atoms with Gasteiger partial charge in [-0.25, -0.2) is 0 Å². The highest BCUT2D eigenvalue weighted by molar-refractivity contribution is 6.32. The van der Waals surface area contributed by atoms with Crippen molar-refractivity contribution in [1.29, 1.82) is 0 Å². The smallest absolute Gasteiger partial charge is 0.261 e. The number of pyridine rings is 2. The number of amides is 1. The molecule has 32 heavy (non-hydrogen) atoms. The number of rotatable bonds is 4. The molecule has 0 aliphatic rings. The number of hydrogen-bond donors (Lipinski definition) is 1. The lowest BCUT2D eigenvalue weighted by molar-refractivity contribution is 0.102. The summed E-state index contributed by atoms with van der Waals surface area (Å²) in [7, 11) is 0. The van der Waals surface area contributed by atoms with Gasteiger partial charge in [0, 0.05) is 35.4 Å². The number of nitrogens with zero attached hydrogens (tertiary/aromatic N) is 2. The van der Waals surface area contributed by atoms with Crippen LogP contribution >= 0.6 is 11.6 Å². The first kappa shape index (κ1) is 21.5. The van der Waals surface area contributed by atoms with Crippen molar-refractivity contribution in [3.05, 3.63) is 111 Å². The molecular formula is C26H22ClN3O2. The molecule has 0 saturated carbocycles. The van der Waals surface area contributed by atoms with Crippen LogP contribution in [0.1, 0.15) is 27.2 Å². The zero-order chi connectivity index (χ0) is 22.8. The second-order valence-electron chi connectivity index (χ2n) is 7.62. The zero-order valence-electron chi connectivity index (χ0n) is 18.0. The monoisotopic (exact) mass is 443 g/mol. The Morgan fingerprint density at radius 2 is 1.59 bits per heavy atom. The first-order valence-electron chi connectivity index (χ1n) is 10.2. The molecule has 2 aromatic heterocycles. The van der Waals surface area contributed by atoms with Crippen LogP contribution in [0.2, 0.25) is 5.02 Å². The van der Waals surface area contributed by atoms with E-state index in [1.165, 1.54) is 6.07 Å². The Hall–Kier alpha value is -3.70. The third kappa shape index (κ3) is 3.95. The first-order valence-corrected chi connectivity index (χ1v) is 10.6. The van der Waals surface area contributed by atoms with E-state index in [1.54, 1.807) is 30.6 Å². The Bertz CT molecular complexity index is 1360. The molecule has 0 spiro atoms. The van der Waals surface area contributed by atoms with Gasteiger partial charge in [0.25, 0.3) is 5.91 Å². The summed E-state index contributed by atoms with van der Waals surface area (Å²) in [5.74, 6) is -0.472. The molecule has 1 N–H and O–H groups in total. The average molecular weight is 444 g/mol. The summed E-state index contributed by atoms with van der Waals surface area (Å²) in [6.07, 6.45) is 3.26. The van der Waals surface area contributed by atoms with Crippen LogP contribution in [0.15, 0.2) is 77.9 Å². The molecule has 4 rings (SSSR count). The van der Waals surface area contributed by atoms with Gasteiger partial charge in [0.05, 0.1) is 16.4 Å². The maximum absolute atomic E-state index is 13.5. The standard InChI is InChI=1S/C26H22ClN3O2/c1-16-7-6-8-17(2)24(16)29-26(32)23-22(31)15-18(3)30(21-10-5-4-9-20(21)27)25(23)19-11-13-28-14-12-19/h4-15H,1-3H3,(H,29,32). The molecule has 1 amide bonds. The molecule has 0 saturated heterocycles. The van der Waals surface area contributed by atoms with E-state index in [2.05, 4.69) is 10.3 Å². The molecule has 2 heterocycles. The fraction of sp³-hybridized carbons (Fsp3) is 0.115. The quantitative estimate of drug-likeness (QED) is 0.438. The van der Waals surface area contributed by atoms with Gasteiger partial charge in [0.1, 0.15) is 5.56 Å². The molecule has 0 fully saturated rings. The van der Waals surface area contributed by atoms with Gasteiger partial charge < -0.3 is 9.88 Å². The van der Waals surface area contributed by atoms with E-state index in [4.69, 9.17) is 11.6 Å². The van der Waals surface area contributed by atoms with Crippen LogP contribution in [-0.2, 0) is 0 Å². The summed E-state index contributed by atoms with van der Waals surface area (Å²) >= 11 is 6.52. The van der Waals surface area contributed by atoms with Crippen LogP contribution < -0.4 is 10.7 Å². The number of aryl methyl sites for hydroxylation is 3. The molecule has 2 aromatic carbocycles. The predicted molar refractivity (Wildman–Crippen MR) is 129 cm³/mol. The predicted octanol–water partition coefficient (Wildman–Crippen LogP) is 5.73. The van der Waals surface area contributed by atoms with Crippen molar-refractivity contribution >= 4 is 23.2 Å². The molecule has 160 valence electrons. The molecule has 4 aromatic rings. The molecule has 0 bridgehead atoms. The van der Waals surface area contributed by atoms with Gasteiger partial charge in [0.2, 0.25) is 0 Å². The second-order valence-corrected chi connectivity index (χ2v) is 8.02. The SMILES string of the molecule is Cc1cccc(C)c1NC(=O)c1c(-c2ccncc2)n(-c2ccccc2Cl)c(C)cc1=O. The van der Waals surface area contributed by atoms with Crippen LogP contribution in [0.4, 0.5) is 5.69 Å². The van der Waals surface area contributed by atoms with E-state index >= 15 is 0 Å². The average Bonchev–Trinajstić information content (AvgIpc) is 2.77. The van der Waals surface area contributed by atoms with Crippen LogP contribution in [0.5, 0.6) is 0 Å². The molecule has 0 aliphatic carbocycles. The largest absolute Gasteiger partial charge is 0.321 e. The lowest BCUT2D eigenvalue weighted by Crippen LogP contribution is -2.26. The van der Waals surface area contributed by atoms with Crippen molar-refractivity contribution in [1.82, 2.24) is 9.55 Å². The normalized spacial score (nSPS) is 10.8. The van der Waals surface area contributed by atoms with Crippen molar-refractivity contribution in [2.45, 2.75) is 20.8 Å². The topological polar surface area (TPSA) is 64.0 Å². The van der Waals surface area contributed by atoms with Crippen molar-refractivity contribution in [3.63, 3.8) is 0 Å². The molecule has 0 radical (unpaired) electrons. The lowest BCUT2D eigenvalue weighted by atomic mass is 10.0. The number of aromatic nitrogens is 2. The van der Waals surface area contributed by atoms with Gasteiger partial charge in [-0.3, -0.25) is 14.6 Å². The van der Waals surface area contributed by atoms with E-state index in [0.717, 1.165) is 11.1 Å². The van der Waals surface area contributed by atoms with Gasteiger partial charge in [-0.2, -0.15) is 0 Å². The summed E-state index contributed by atoms with van der Waals surface area (Å²) in [4.78, 5) is 30.8. The van der Waals surface area contributed by atoms with Crippen molar-refractivity contribution in [3.8, 4) is 16.9 Å². The molecule has 0 unspecified atom stereocenters. The van der Waals surface area contributed by atoms with Crippen molar-refractivity contribution in [2.75, 3.05) is 5.32 Å². The van der Waals surface area contributed by atoms with E-state index in [-0.39, 0.29) is 11.0 Å². The number of hydrogen-bond acceptors (Lipinski definition) is 3. The van der Waals surface area contributed by atoms with Gasteiger partial charge in [0.15, 0.2) is 5.43 Å². The van der Waals surface area contributed by atoms with Gasteiger partial charge in [-0.15, -0.1) is 0 Å². The highest BCUT2D eigenvalue weighted by Crippen LogP contribution is 2.31. The Labute approximate surface area is 191 Å². The minimum absolute atomic E-state index is 0.0457. The summed E-state index contributed by atoms with van der Waals surface area (Å²) in [5, 5.41) is 3.47. The highest BCUT2D eigenvalue weighted by Gasteiger charge is 2.24. The first-order chi connectivity index (χ1) is 15.4. The number of carbonyl (C=O) groups excluding carboxylic acids is 1. The number of para-hydroxylation sites is 2. The van der Waals surface area contributed by atoms with E-state index in [1.807, 2.05) is 61.7 Å². The van der Waals surface area contributed by atoms with E-state index < -0.39 is 5.91 Å². The fourth-order valence-electron chi connectivity index (χ4n) is 3.87. The third-order valence-electron chi connectivity index (χ3n) is 5.39. The number of benzene rings is 2. The molecule has 0 atom stereocenters. The minimum atomic E-state index is -0.472. The Balaban J connectivity index is 2.01. The van der Waals surface area contributed by atoms with Crippen molar-refractivity contribution < 1.29 is 4.79 Å². The van der Waals surface area contributed by atoms with Crippen LogP contribution in [-0.4, -0.2) is 15.5 Å². The Morgan fingerprint density at radius 3 is 2.25 bits per heavy atom. The Kier molecular flexibility index (Phi) is 5.93. The maximum atomic E-state index is 13.5. The van der Waals surface area contributed by atoms with Crippen LogP contribution in [0.3, 0.4) is 0 Å². The maximum Gasteiger partial charge on any atom is 0.261 e. The summed E-state index contributed by atoms with van der Waals surface area (Å²) in [6, 6.07) is 18.1. The van der Waals surface area contributed by atoms with Crippen molar-refractivity contribution in [2.24, 2.45) is 0 Å². The van der Waals surface area contributed by atoms with Gasteiger partial charge in [-0.05, 0) is 56.2 Å². The zero-order valence-corrected chi connectivity index (χ0v) is 18.8. The van der Waals surface area contributed by atoms with Gasteiger partial charge in [-0.1, -0.05) is 41.9 Å². The third-order valence-corrected chi connectivity index (χ3v) is 5.71. The molecular weight excluding hydrogens is 422 g/mol. The number of carbonyl (C=O) groups is 1. The highest BCUT2D eigenvalue weighted by atomic mass is 35.5. The van der Waals surface area contributed by atoms with E-state index in [9.17, 15) is 9.59 Å².